The van der Waals surface area contributed by atoms with Crippen LogP contribution in [0.25, 0.3) is 0 Å². The van der Waals surface area contributed by atoms with E-state index in [4.69, 9.17) is 28.0 Å². The summed E-state index contributed by atoms with van der Waals surface area (Å²) in [6, 6.07) is 13.2. The number of carbonyl (C=O) groups is 1. The van der Waals surface area contributed by atoms with Gasteiger partial charge in [-0.2, -0.15) is 0 Å². The summed E-state index contributed by atoms with van der Waals surface area (Å²) < 4.78 is 0. The van der Waals surface area contributed by atoms with E-state index in [-0.39, 0.29) is 17.9 Å². The highest BCUT2D eigenvalue weighted by atomic mass is 35.5. The number of hydrogen-bond donors (Lipinski definition) is 1. The number of nitrogens with one attached hydrogen (secondary N) is 1. The lowest BCUT2D eigenvalue weighted by Gasteiger charge is -2.18. The van der Waals surface area contributed by atoms with Crippen LogP contribution in [0.5, 0.6) is 0 Å². The van der Waals surface area contributed by atoms with Crippen LogP contribution >= 0.6 is 23.2 Å². The van der Waals surface area contributed by atoms with Crippen molar-refractivity contribution in [2.45, 2.75) is 32.7 Å². The fraction of sp³-hybridized carbons (Fsp3) is 0.300. The van der Waals surface area contributed by atoms with Gasteiger partial charge in [0, 0.05) is 16.6 Å². The van der Waals surface area contributed by atoms with Gasteiger partial charge in [0.05, 0.1) is 6.21 Å². The minimum atomic E-state index is -0.281. The Bertz CT molecular complexity index is 781. The highest BCUT2D eigenvalue weighted by molar-refractivity contribution is 6.35. The molecule has 26 heavy (non-hydrogen) atoms. The van der Waals surface area contributed by atoms with Gasteiger partial charge < -0.3 is 10.2 Å². The lowest BCUT2D eigenvalue weighted by molar-refractivity contribution is -0.125. The number of halogens is 2. The van der Waals surface area contributed by atoms with E-state index >= 15 is 0 Å². The molecule has 0 spiro atoms. The molecule has 0 fully saturated rings. The molecule has 0 aromatic heterocycles. The van der Waals surface area contributed by atoms with Gasteiger partial charge >= 0.3 is 0 Å². The molecule has 0 aliphatic rings. The number of oxime groups is 1. The quantitative estimate of drug-likeness (QED) is 0.557. The topological polar surface area (TPSA) is 50.7 Å². The van der Waals surface area contributed by atoms with E-state index in [2.05, 4.69) is 43.4 Å². The maximum Gasteiger partial charge on any atom is 0.261 e. The number of benzene rings is 2. The van der Waals surface area contributed by atoms with Crippen molar-refractivity contribution in [2.24, 2.45) is 5.16 Å². The standard InChI is InChI=1S/C20H22Cl2N2O2/c1-20(2,3)16-7-4-14(5-8-16)11-24-26-13-19(25)23-12-15-6-9-17(21)10-18(15)22/h4-11H,12-13H2,1-3H3,(H,23,25)/b24-11+. The molecule has 138 valence electrons. The van der Waals surface area contributed by atoms with Gasteiger partial charge in [0.2, 0.25) is 0 Å². The summed E-state index contributed by atoms with van der Waals surface area (Å²) in [6.07, 6.45) is 1.58. The van der Waals surface area contributed by atoms with Crippen molar-refractivity contribution in [3.63, 3.8) is 0 Å². The van der Waals surface area contributed by atoms with E-state index in [9.17, 15) is 4.79 Å². The zero-order valence-electron chi connectivity index (χ0n) is 15.1. The van der Waals surface area contributed by atoms with Crippen LogP contribution in [0.4, 0.5) is 0 Å². The van der Waals surface area contributed by atoms with Crippen molar-refractivity contribution in [3.05, 3.63) is 69.2 Å². The molecular formula is C20H22Cl2N2O2. The van der Waals surface area contributed by atoms with E-state index in [1.54, 1.807) is 24.4 Å². The third-order valence-electron chi connectivity index (χ3n) is 3.74. The van der Waals surface area contributed by atoms with Gasteiger partial charge in [-0.15, -0.1) is 0 Å². The highest BCUT2D eigenvalue weighted by Gasteiger charge is 2.12. The summed E-state index contributed by atoms with van der Waals surface area (Å²) in [7, 11) is 0. The van der Waals surface area contributed by atoms with Crippen LogP contribution < -0.4 is 5.32 Å². The molecule has 0 aliphatic carbocycles. The van der Waals surface area contributed by atoms with Gasteiger partial charge in [0.1, 0.15) is 0 Å². The summed E-state index contributed by atoms with van der Waals surface area (Å²) in [5.41, 5.74) is 3.05. The maximum absolute atomic E-state index is 11.8. The molecule has 0 radical (unpaired) electrons. The summed E-state index contributed by atoms with van der Waals surface area (Å²) in [5.74, 6) is -0.281. The monoisotopic (exact) mass is 392 g/mol. The second-order valence-corrected chi connectivity index (χ2v) is 7.74. The van der Waals surface area contributed by atoms with Crippen molar-refractivity contribution in [3.8, 4) is 0 Å². The third kappa shape index (κ3) is 6.36. The van der Waals surface area contributed by atoms with Gasteiger partial charge in [0.15, 0.2) is 6.61 Å². The van der Waals surface area contributed by atoms with Crippen LogP contribution in [0.15, 0.2) is 47.6 Å². The van der Waals surface area contributed by atoms with Gasteiger partial charge in [-0.25, -0.2) is 0 Å². The van der Waals surface area contributed by atoms with Crippen molar-refractivity contribution in [2.75, 3.05) is 6.61 Å². The molecule has 0 saturated heterocycles. The van der Waals surface area contributed by atoms with Crippen LogP contribution in [-0.2, 0) is 21.6 Å². The van der Waals surface area contributed by atoms with E-state index in [0.29, 0.717) is 16.6 Å². The fourth-order valence-electron chi connectivity index (χ4n) is 2.17. The predicted molar refractivity (Wildman–Crippen MR) is 107 cm³/mol. The molecule has 2 rings (SSSR count). The van der Waals surface area contributed by atoms with Crippen molar-refractivity contribution >= 4 is 35.3 Å². The lowest BCUT2D eigenvalue weighted by atomic mass is 9.87. The second-order valence-electron chi connectivity index (χ2n) is 6.89. The zero-order chi connectivity index (χ0) is 19.2. The van der Waals surface area contributed by atoms with Crippen LogP contribution in [0.2, 0.25) is 10.0 Å². The molecular weight excluding hydrogens is 371 g/mol. The third-order valence-corrected chi connectivity index (χ3v) is 4.33. The Labute approximate surface area is 164 Å². The Kier molecular flexibility index (Phi) is 7.06. The van der Waals surface area contributed by atoms with E-state index in [1.807, 2.05) is 12.1 Å². The number of rotatable bonds is 6. The number of amides is 1. The number of hydrogen-bond acceptors (Lipinski definition) is 3. The highest BCUT2D eigenvalue weighted by Crippen LogP contribution is 2.22. The minimum absolute atomic E-state index is 0.108. The minimum Gasteiger partial charge on any atom is -0.386 e. The second kappa shape index (κ2) is 9.06. The van der Waals surface area contributed by atoms with Crippen LogP contribution in [-0.4, -0.2) is 18.7 Å². The molecule has 0 unspecified atom stereocenters. The Hall–Kier alpha value is -2.04. The van der Waals surface area contributed by atoms with Gasteiger partial charge in [0.25, 0.3) is 5.91 Å². The molecule has 2 aromatic carbocycles. The molecule has 1 N–H and O–H groups in total. The molecule has 0 atom stereocenters. The summed E-state index contributed by atoms with van der Waals surface area (Å²) in [6.45, 7) is 6.62. The van der Waals surface area contributed by atoms with Gasteiger partial charge in [-0.1, -0.05) is 79.5 Å². The SMILES string of the molecule is CC(C)(C)c1ccc(/C=N/OCC(=O)NCc2ccc(Cl)cc2Cl)cc1. The normalized spacial score (nSPS) is 11.6. The van der Waals surface area contributed by atoms with Crippen molar-refractivity contribution < 1.29 is 9.63 Å². The molecule has 0 aliphatic heterocycles. The summed E-state index contributed by atoms with van der Waals surface area (Å²) in [4.78, 5) is 16.8. The van der Waals surface area contributed by atoms with Gasteiger partial charge in [-0.05, 0) is 34.2 Å². The maximum atomic E-state index is 11.8. The Morgan fingerprint density at radius 3 is 2.46 bits per heavy atom. The zero-order valence-corrected chi connectivity index (χ0v) is 16.6. The van der Waals surface area contributed by atoms with Crippen LogP contribution in [0.3, 0.4) is 0 Å². The first kappa shape index (κ1) is 20.3. The van der Waals surface area contributed by atoms with E-state index < -0.39 is 0 Å². The smallest absolute Gasteiger partial charge is 0.261 e. The molecule has 0 saturated carbocycles. The largest absolute Gasteiger partial charge is 0.386 e. The lowest BCUT2D eigenvalue weighted by Crippen LogP contribution is -2.26. The molecule has 0 heterocycles. The Morgan fingerprint density at radius 1 is 1.15 bits per heavy atom. The Morgan fingerprint density at radius 2 is 1.85 bits per heavy atom. The summed E-state index contributed by atoms with van der Waals surface area (Å²) >= 11 is 11.9. The molecule has 1 amide bonds. The average Bonchev–Trinajstić information content (AvgIpc) is 2.57. The molecule has 0 bridgehead atoms. The van der Waals surface area contributed by atoms with E-state index in [0.717, 1.165) is 11.1 Å². The van der Waals surface area contributed by atoms with Gasteiger partial charge in [-0.3, -0.25) is 4.79 Å². The molecule has 2 aromatic rings. The summed E-state index contributed by atoms with van der Waals surface area (Å²) in [5, 5.41) is 7.61. The van der Waals surface area contributed by atoms with Crippen LogP contribution in [0.1, 0.15) is 37.5 Å². The van der Waals surface area contributed by atoms with Crippen molar-refractivity contribution in [1.29, 1.82) is 0 Å². The Balaban J connectivity index is 1.76. The first-order valence-electron chi connectivity index (χ1n) is 8.22. The first-order chi connectivity index (χ1) is 12.3. The molecule has 4 nitrogen and oxygen atoms in total. The average molecular weight is 393 g/mol. The first-order valence-corrected chi connectivity index (χ1v) is 8.98. The van der Waals surface area contributed by atoms with Crippen LogP contribution in [0, 0.1) is 0 Å². The fourth-order valence-corrected chi connectivity index (χ4v) is 2.65. The predicted octanol–water partition coefficient (Wildman–Crippen LogP) is 4.96. The number of carbonyl (C=O) groups excluding carboxylic acids is 1. The van der Waals surface area contributed by atoms with Crippen molar-refractivity contribution in [1.82, 2.24) is 5.32 Å². The molecule has 6 heteroatoms. The number of nitrogens with zero attached hydrogens (tertiary/aromatic N) is 1. The van der Waals surface area contributed by atoms with E-state index in [1.165, 1.54) is 5.56 Å².